The largest absolute Gasteiger partial charge is 0.326 e. The fraction of sp³-hybridized carbons (Fsp3) is 0.133. The van der Waals surface area contributed by atoms with E-state index in [1.807, 2.05) is 12.1 Å². The van der Waals surface area contributed by atoms with Gasteiger partial charge in [-0.15, -0.1) is 0 Å². The molecule has 2 aromatic carbocycles. The summed E-state index contributed by atoms with van der Waals surface area (Å²) in [4.78, 5) is 21.6. The van der Waals surface area contributed by atoms with Gasteiger partial charge < -0.3 is 5.32 Å². The zero-order chi connectivity index (χ0) is 18.4. The zero-order valence-corrected chi connectivity index (χ0v) is 15.8. The van der Waals surface area contributed by atoms with Crippen LogP contribution in [-0.2, 0) is 14.8 Å². The molecule has 0 atom stereocenters. The van der Waals surface area contributed by atoms with Crippen molar-refractivity contribution in [1.82, 2.24) is 4.72 Å². The first-order valence-electron chi connectivity index (χ1n) is 7.08. The molecule has 0 bridgehead atoms. The van der Waals surface area contributed by atoms with Gasteiger partial charge in [-0.2, -0.15) is 0 Å². The van der Waals surface area contributed by atoms with E-state index in [1.165, 1.54) is 12.1 Å². The quantitative estimate of drug-likeness (QED) is 0.363. The Kier molecular flexibility index (Phi) is 6.45. The highest BCUT2D eigenvalue weighted by Gasteiger charge is 2.24. The second kappa shape index (κ2) is 8.36. The highest BCUT2D eigenvalue weighted by molar-refractivity contribution is 14.1. The van der Waals surface area contributed by atoms with Crippen molar-refractivity contribution in [3.05, 3.63) is 62.2 Å². The number of rotatable bonds is 7. The molecule has 0 saturated carbocycles. The van der Waals surface area contributed by atoms with Crippen LogP contribution in [0, 0.1) is 13.7 Å². The van der Waals surface area contributed by atoms with E-state index in [2.05, 4.69) is 32.6 Å². The number of carbonyl (C=O) groups is 1. The predicted molar refractivity (Wildman–Crippen MR) is 101 cm³/mol. The number of anilines is 1. The van der Waals surface area contributed by atoms with Gasteiger partial charge in [0.2, 0.25) is 15.9 Å². The minimum atomic E-state index is -4.08. The first-order chi connectivity index (χ1) is 11.8. The monoisotopic (exact) mass is 475 g/mol. The maximum atomic E-state index is 12.2. The number of halogens is 1. The molecule has 25 heavy (non-hydrogen) atoms. The molecule has 2 N–H and O–H groups in total. The second-order valence-corrected chi connectivity index (χ2v) is 7.91. The third kappa shape index (κ3) is 5.47. The van der Waals surface area contributed by atoms with Crippen molar-refractivity contribution in [2.45, 2.75) is 11.3 Å². The number of hydrogen-bond donors (Lipinski definition) is 2. The van der Waals surface area contributed by atoms with E-state index < -0.39 is 25.5 Å². The Labute approximate surface area is 158 Å². The fourth-order valence-electron chi connectivity index (χ4n) is 1.97. The molecule has 10 heteroatoms. The van der Waals surface area contributed by atoms with Crippen LogP contribution in [0.2, 0.25) is 0 Å². The van der Waals surface area contributed by atoms with Gasteiger partial charge in [0.1, 0.15) is 0 Å². The van der Waals surface area contributed by atoms with Crippen LogP contribution in [0.3, 0.4) is 0 Å². The van der Waals surface area contributed by atoms with Crippen LogP contribution in [0.5, 0.6) is 0 Å². The van der Waals surface area contributed by atoms with Crippen molar-refractivity contribution in [3.8, 4) is 0 Å². The predicted octanol–water partition coefficient (Wildman–Crippen LogP) is 2.51. The first-order valence-corrected chi connectivity index (χ1v) is 9.64. The van der Waals surface area contributed by atoms with Gasteiger partial charge in [-0.1, -0.05) is 12.1 Å². The number of nitrogens with zero attached hydrogens (tertiary/aromatic N) is 1. The van der Waals surface area contributed by atoms with E-state index in [-0.39, 0.29) is 18.9 Å². The average Bonchev–Trinajstić information content (AvgIpc) is 2.57. The number of amides is 1. The minimum Gasteiger partial charge on any atom is -0.326 e. The highest BCUT2D eigenvalue weighted by Crippen LogP contribution is 2.22. The van der Waals surface area contributed by atoms with Gasteiger partial charge in [-0.3, -0.25) is 14.9 Å². The van der Waals surface area contributed by atoms with E-state index >= 15 is 0 Å². The number of nitro groups is 1. The van der Waals surface area contributed by atoms with Crippen LogP contribution in [0.4, 0.5) is 11.4 Å². The topological polar surface area (TPSA) is 118 Å². The molecule has 0 unspecified atom stereocenters. The molecule has 1 amide bonds. The van der Waals surface area contributed by atoms with Gasteiger partial charge in [0.25, 0.3) is 5.69 Å². The Bertz CT molecular complexity index is 884. The molecule has 0 aliphatic carbocycles. The molecule has 0 heterocycles. The van der Waals surface area contributed by atoms with Gasteiger partial charge >= 0.3 is 0 Å². The molecule has 0 radical (unpaired) electrons. The van der Waals surface area contributed by atoms with Crippen molar-refractivity contribution < 1.29 is 18.1 Å². The SMILES string of the molecule is O=C(CCNS(=O)(=O)c1ccccc1[N+](=O)[O-])Nc1ccc(I)cc1. The molecule has 0 aromatic heterocycles. The Morgan fingerprint density at radius 3 is 2.40 bits per heavy atom. The van der Waals surface area contributed by atoms with E-state index in [0.717, 1.165) is 15.7 Å². The van der Waals surface area contributed by atoms with Crippen molar-refractivity contribution in [1.29, 1.82) is 0 Å². The lowest BCUT2D eigenvalue weighted by molar-refractivity contribution is -0.387. The summed E-state index contributed by atoms with van der Waals surface area (Å²) in [5, 5.41) is 13.6. The van der Waals surface area contributed by atoms with Crippen molar-refractivity contribution >= 4 is 49.9 Å². The minimum absolute atomic E-state index is 0.105. The summed E-state index contributed by atoms with van der Waals surface area (Å²) >= 11 is 2.14. The average molecular weight is 475 g/mol. The Balaban J connectivity index is 1.95. The van der Waals surface area contributed by atoms with E-state index in [4.69, 9.17) is 0 Å². The molecule has 2 rings (SSSR count). The van der Waals surface area contributed by atoms with Crippen molar-refractivity contribution in [2.75, 3.05) is 11.9 Å². The van der Waals surface area contributed by atoms with Gasteiger partial charge in [-0.05, 0) is 52.9 Å². The Morgan fingerprint density at radius 1 is 1.12 bits per heavy atom. The van der Waals surface area contributed by atoms with Gasteiger partial charge in [0.05, 0.1) is 4.92 Å². The lowest BCUT2D eigenvalue weighted by Crippen LogP contribution is -2.28. The summed E-state index contributed by atoms with van der Waals surface area (Å²) in [5.74, 6) is -0.369. The van der Waals surface area contributed by atoms with E-state index in [9.17, 15) is 23.3 Å². The molecule has 0 aliphatic heterocycles. The van der Waals surface area contributed by atoms with Crippen LogP contribution in [0.25, 0.3) is 0 Å². The first kappa shape index (κ1) is 19.3. The number of nitro benzene ring substituents is 1. The summed E-state index contributed by atoms with van der Waals surface area (Å²) in [6.07, 6.45) is -0.105. The Morgan fingerprint density at radius 2 is 1.76 bits per heavy atom. The third-order valence-electron chi connectivity index (χ3n) is 3.12. The lowest BCUT2D eigenvalue weighted by Gasteiger charge is -2.08. The molecule has 0 aliphatic rings. The van der Waals surface area contributed by atoms with Gasteiger partial charge in [0.15, 0.2) is 4.90 Å². The second-order valence-electron chi connectivity index (χ2n) is 4.93. The normalized spacial score (nSPS) is 11.1. The van der Waals surface area contributed by atoms with Crippen LogP contribution in [0.1, 0.15) is 6.42 Å². The third-order valence-corrected chi connectivity index (χ3v) is 5.35. The van der Waals surface area contributed by atoms with Crippen molar-refractivity contribution in [2.24, 2.45) is 0 Å². The molecular formula is C15H14IN3O5S. The molecule has 0 saturated heterocycles. The number of carbonyl (C=O) groups excluding carboxylic acids is 1. The highest BCUT2D eigenvalue weighted by atomic mass is 127. The zero-order valence-electron chi connectivity index (χ0n) is 12.8. The van der Waals surface area contributed by atoms with Gasteiger partial charge in [-0.25, -0.2) is 13.1 Å². The summed E-state index contributed by atoms with van der Waals surface area (Å²) in [7, 11) is -4.08. The van der Waals surface area contributed by atoms with Crippen LogP contribution in [0.15, 0.2) is 53.4 Å². The van der Waals surface area contributed by atoms with E-state index in [0.29, 0.717) is 5.69 Å². The number of nitrogens with one attached hydrogen (secondary N) is 2. The smallest absolute Gasteiger partial charge is 0.289 e. The number of sulfonamides is 1. The summed E-state index contributed by atoms with van der Waals surface area (Å²) < 4.78 is 27.6. The fourth-order valence-corrected chi connectivity index (χ4v) is 3.53. The molecule has 8 nitrogen and oxygen atoms in total. The molecular weight excluding hydrogens is 461 g/mol. The number of para-hydroxylation sites is 1. The van der Waals surface area contributed by atoms with Crippen LogP contribution >= 0.6 is 22.6 Å². The van der Waals surface area contributed by atoms with Crippen LogP contribution < -0.4 is 10.0 Å². The summed E-state index contributed by atoms with van der Waals surface area (Å²) in [6.45, 7) is -0.176. The summed E-state index contributed by atoms with van der Waals surface area (Å²) in [6, 6.07) is 12.1. The summed E-state index contributed by atoms with van der Waals surface area (Å²) in [5.41, 5.74) is 0.0883. The standard InChI is InChI=1S/C15H14IN3O5S/c16-11-5-7-12(8-6-11)18-15(20)9-10-17-25(23,24)14-4-2-1-3-13(14)19(21)22/h1-8,17H,9-10H2,(H,18,20). The Hall–Kier alpha value is -2.05. The molecule has 132 valence electrons. The number of benzene rings is 2. The number of hydrogen-bond acceptors (Lipinski definition) is 5. The van der Waals surface area contributed by atoms with E-state index in [1.54, 1.807) is 12.1 Å². The maximum Gasteiger partial charge on any atom is 0.289 e. The van der Waals surface area contributed by atoms with Crippen LogP contribution in [-0.4, -0.2) is 25.8 Å². The molecule has 2 aromatic rings. The van der Waals surface area contributed by atoms with Crippen molar-refractivity contribution in [3.63, 3.8) is 0 Å². The molecule has 0 spiro atoms. The maximum absolute atomic E-state index is 12.2. The van der Waals surface area contributed by atoms with Gasteiger partial charge in [0, 0.05) is 28.3 Å². The lowest BCUT2D eigenvalue weighted by atomic mass is 10.3. The molecule has 0 fully saturated rings.